The summed E-state index contributed by atoms with van der Waals surface area (Å²) < 4.78 is 46.1. The Balaban J connectivity index is 1.44. The maximum Gasteiger partial charge on any atom is 0.283 e. The molecule has 4 rings (SSSR count). The van der Waals surface area contributed by atoms with Gasteiger partial charge in [-0.3, -0.25) is 10.2 Å². The average molecular weight is 545 g/mol. The van der Waals surface area contributed by atoms with E-state index in [-0.39, 0.29) is 33.3 Å². The zero-order valence-corrected chi connectivity index (χ0v) is 21.9. The number of benzene rings is 2. The van der Waals surface area contributed by atoms with Crippen molar-refractivity contribution in [3.05, 3.63) is 53.6 Å². The van der Waals surface area contributed by atoms with Gasteiger partial charge in [0.05, 0.1) is 25.5 Å². The third-order valence-electron chi connectivity index (χ3n) is 5.25. The summed E-state index contributed by atoms with van der Waals surface area (Å²) in [6, 6.07) is 12.2. The molecule has 1 amide bonds. The summed E-state index contributed by atoms with van der Waals surface area (Å²) in [6.45, 7) is 2.06. The highest BCUT2D eigenvalue weighted by molar-refractivity contribution is 8.42. The third kappa shape index (κ3) is 5.78. The quantitative estimate of drug-likeness (QED) is 0.372. The lowest BCUT2D eigenvalue weighted by atomic mass is 10.1. The number of nitrogens with one attached hydrogen (secondary N) is 1. The molecule has 13 heteroatoms. The van der Waals surface area contributed by atoms with E-state index in [0.29, 0.717) is 29.4 Å². The minimum atomic E-state index is -3.60. The van der Waals surface area contributed by atoms with Crippen molar-refractivity contribution in [2.24, 2.45) is 10.1 Å². The number of amides is 1. The van der Waals surface area contributed by atoms with Crippen LogP contribution in [0.4, 0.5) is 0 Å². The number of rotatable bonds is 9. The number of fused-ring (bicyclic) bond motifs is 1. The Morgan fingerprint density at radius 3 is 2.38 bits per heavy atom. The van der Waals surface area contributed by atoms with Crippen molar-refractivity contribution in [1.29, 1.82) is 5.41 Å². The van der Waals surface area contributed by atoms with E-state index in [9.17, 15) is 13.2 Å². The number of hydrazone groups is 1. The van der Waals surface area contributed by atoms with Crippen LogP contribution in [0, 0.1) is 5.41 Å². The van der Waals surface area contributed by atoms with Crippen molar-refractivity contribution >= 4 is 49.0 Å². The molecule has 37 heavy (non-hydrogen) atoms. The smallest absolute Gasteiger partial charge is 0.283 e. The average Bonchev–Trinajstić information content (AvgIpc) is 3.35. The number of thioether (sulfide) groups is 1. The van der Waals surface area contributed by atoms with Gasteiger partial charge in [-0.05, 0) is 59.8 Å². The Morgan fingerprint density at radius 2 is 1.70 bits per heavy atom. The Labute approximate surface area is 218 Å². The van der Waals surface area contributed by atoms with Crippen LogP contribution in [-0.4, -0.2) is 67.9 Å². The van der Waals surface area contributed by atoms with Crippen LogP contribution >= 0.6 is 11.8 Å². The molecule has 2 aromatic rings. The van der Waals surface area contributed by atoms with Crippen LogP contribution in [0.1, 0.15) is 12.5 Å². The normalized spacial score (nSPS) is 16.3. The molecule has 1 N–H and O–H groups in total. The van der Waals surface area contributed by atoms with Gasteiger partial charge in [-0.2, -0.15) is 10.0 Å². The predicted molar refractivity (Wildman–Crippen MR) is 141 cm³/mol. The lowest BCUT2D eigenvalue weighted by Gasteiger charge is -2.20. The minimum Gasteiger partial charge on any atom is -0.497 e. The first kappa shape index (κ1) is 26.2. The zero-order valence-electron chi connectivity index (χ0n) is 20.3. The Kier molecular flexibility index (Phi) is 7.83. The van der Waals surface area contributed by atoms with Gasteiger partial charge in [0.25, 0.3) is 5.91 Å². The first-order valence-corrected chi connectivity index (χ1v) is 13.5. The van der Waals surface area contributed by atoms with Gasteiger partial charge in [-0.1, -0.05) is 13.0 Å². The summed E-state index contributed by atoms with van der Waals surface area (Å²) in [5.41, 5.74) is 0.523. The minimum absolute atomic E-state index is 0.0353. The number of hydrogen-bond donors (Lipinski definition) is 1. The van der Waals surface area contributed by atoms with Gasteiger partial charge in [0.1, 0.15) is 24.7 Å². The number of ether oxygens (including phenoxy) is 4. The van der Waals surface area contributed by atoms with Crippen molar-refractivity contribution in [2.45, 2.75) is 6.92 Å². The van der Waals surface area contributed by atoms with E-state index in [1.807, 2.05) is 0 Å². The molecule has 0 unspecified atom stereocenters. The van der Waals surface area contributed by atoms with E-state index >= 15 is 0 Å². The second-order valence-corrected chi connectivity index (χ2v) is 11.0. The van der Waals surface area contributed by atoms with E-state index < -0.39 is 15.7 Å². The van der Waals surface area contributed by atoms with Crippen LogP contribution in [0.25, 0.3) is 6.08 Å². The fourth-order valence-corrected chi connectivity index (χ4v) is 5.43. The predicted octanol–water partition coefficient (Wildman–Crippen LogP) is 3.17. The summed E-state index contributed by atoms with van der Waals surface area (Å²) in [6.07, 6.45) is 1.47. The number of aliphatic imine (C=N–C) groups is 1. The zero-order chi connectivity index (χ0) is 26.6. The van der Waals surface area contributed by atoms with Gasteiger partial charge in [-0.25, -0.2) is 8.42 Å². The summed E-state index contributed by atoms with van der Waals surface area (Å²) in [5.74, 6) is 1.24. The first-order valence-electron chi connectivity index (χ1n) is 11.1. The summed E-state index contributed by atoms with van der Waals surface area (Å²) in [7, 11) is -0.512. The molecule has 0 aliphatic carbocycles. The maximum atomic E-state index is 12.6. The van der Waals surface area contributed by atoms with Crippen molar-refractivity contribution in [3.8, 4) is 23.0 Å². The molecule has 194 valence electrons. The van der Waals surface area contributed by atoms with Gasteiger partial charge in [0.2, 0.25) is 19.4 Å². The second-order valence-electron chi connectivity index (χ2n) is 7.57. The molecule has 0 saturated heterocycles. The maximum absolute atomic E-state index is 12.6. The number of carbonyl (C=O) groups excluding carboxylic acids is 1. The van der Waals surface area contributed by atoms with E-state index in [0.717, 1.165) is 22.5 Å². The standard InChI is InChI=1S/C24H24N4O7S2/c1-4-37(30,31)24-27-28-21(25)18(22(29)26-23(28)36-24)13-15-5-10-19(20(14-15)33-3)35-12-11-34-17-8-6-16(32-2)7-9-17/h5-10,13-14,25H,4,11-12H2,1-3H3/b18-13+,25-21?. The molecule has 0 aromatic heterocycles. The lowest BCUT2D eigenvalue weighted by molar-refractivity contribution is -0.114. The summed E-state index contributed by atoms with van der Waals surface area (Å²) >= 11 is 0.756. The molecular weight excluding hydrogens is 520 g/mol. The van der Waals surface area contributed by atoms with Crippen LogP contribution in [0.3, 0.4) is 0 Å². The summed E-state index contributed by atoms with van der Waals surface area (Å²) in [4.78, 5) is 16.5. The van der Waals surface area contributed by atoms with Gasteiger partial charge < -0.3 is 18.9 Å². The number of carbonyl (C=O) groups is 1. The molecule has 2 aliphatic heterocycles. The van der Waals surface area contributed by atoms with Gasteiger partial charge in [0.15, 0.2) is 17.3 Å². The van der Waals surface area contributed by atoms with Crippen molar-refractivity contribution < 1.29 is 32.2 Å². The van der Waals surface area contributed by atoms with Gasteiger partial charge in [-0.15, -0.1) is 5.10 Å². The molecular formula is C24H24N4O7S2. The molecule has 2 aliphatic rings. The summed E-state index contributed by atoms with van der Waals surface area (Å²) in [5, 5.41) is 13.5. The highest BCUT2D eigenvalue weighted by atomic mass is 32.3. The molecule has 0 fully saturated rings. The molecule has 0 atom stereocenters. The van der Waals surface area contributed by atoms with Crippen molar-refractivity contribution in [1.82, 2.24) is 5.01 Å². The van der Waals surface area contributed by atoms with Crippen molar-refractivity contribution in [3.63, 3.8) is 0 Å². The van der Waals surface area contributed by atoms with Crippen LogP contribution in [0.15, 0.2) is 58.1 Å². The monoisotopic (exact) mass is 544 g/mol. The molecule has 2 aromatic carbocycles. The van der Waals surface area contributed by atoms with Crippen LogP contribution in [0.2, 0.25) is 0 Å². The number of amidine groups is 2. The highest BCUT2D eigenvalue weighted by Gasteiger charge is 2.39. The first-order chi connectivity index (χ1) is 17.7. The topological polar surface area (TPSA) is 140 Å². The Bertz CT molecular complexity index is 1420. The second kappa shape index (κ2) is 11.0. The number of nitrogens with zero attached hydrogens (tertiary/aromatic N) is 3. The Morgan fingerprint density at radius 1 is 1.00 bits per heavy atom. The van der Waals surface area contributed by atoms with Crippen molar-refractivity contribution in [2.75, 3.05) is 33.2 Å². The van der Waals surface area contributed by atoms with Gasteiger partial charge >= 0.3 is 0 Å². The van der Waals surface area contributed by atoms with E-state index in [1.165, 1.54) is 20.1 Å². The third-order valence-corrected chi connectivity index (χ3v) is 8.34. The van der Waals surface area contributed by atoms with Crippen LogP contribution < -0.4 is 18.9 Å². The molecule has 0 radical (unpaired) electrons. The highest BCUT2D eigenvalue weighted by Crippen LogP contribution is 2.32. The lowest BCUT2D eigenvalue weighted by Crippen LogP contribution is -2.35. The Hall–Kier alpha value is -3.84. The number of methoxy groups -OCH3 is 2. The SMILES string of the molecule is CCS(=O)(=O)C1=NN2C(=N)/C(=C\c3ccc(OCCOc4ccc(OC)cc4)c(OC)c3)C(=O)N=C2S1. The molecule has 2 heterocycles. The van der Waals surface area contributed by atoms with Crippen LogP contribution in [0.5, 0.6) is 23.0 Å². The van der Waals surface area contributed by atoms with E-state index in [1.54, 1.807) is 49.6 Å². The largest absolute Gasteiger partial charge is 0.497 e. The molecule has 0 bridgehead atoms. The fourth-order valence-electron chi connectivity index (χ4n) is 3.27. The van der Waals surface area contributed by atoms with E-state index in [2.05, 4.69) is 10.1 Å². The molecule has 11 nitrogen and oxygen atoms in total. The van der Waals surface area contributed by atoms with E-state index in [4.69, 9.17) is 24.4 Å². The number of hydrogen-bond acceptors (Lipinski definition) is 10. The molecule has 0 spiro atoms. The fraction of sp³-hybridized carbons (Fsp3) is 0.250. The molecule has 0 saturated carbocycles. The van der Waals surface area contributed by atoms with Crippen LogP contribution in [-0.2, 0) is 14.6 Å². The van der Waals surface area contributed by atoms with Gasteiger partial charge in [0, 0.05) is 0 Å². The number of sulfone groups is 1.